The number of ether oxygens (including phenoxy) is 1. The fraction of sp³-hybridized carbons (Fsp3) is 0.176. The highest BCUT2D eigenvalue weighted by atomic mass is 32.2. The molecule has 1 atom stereocenters. The van der Waals surface area contributed by atoms with E-state index in [-0.39, 0.29) is 11.4 Å². The summed E-state index contributed by atoms with van der Waals surface area (Å²) in [5.41, 5.74) is 0.814. The van der Waals surface area contributed by atoms with Gasteiger partial charge in [0.2, 0.25) is 10.0 Å². The molecule has 2 aromatic carbocycles. The fourth-order valence-electron chi connectivity index (χ4n) is 2.64. The van der Waals surface area contributed by atoms with E-state index in [1.807, 2.05) is 24.3 Å². The molecule has 0 spiro atoms. The maximum Gasteiger partial charge on any atom is 0.244 e. The van der Waals surface area contributed by atoms with Crippen molar-refractivity contribution in [3.05, 3.63) is 72.8 Å². The van der Waals surface area contributed by atoms with E-state index in [9.17, 15) is 8.42 Å². The minimum Gasteiger partial charge on any atom is -0.492 e. The van der Waals surface area contributed by atoms with Gasteiger partial charge in [0, 0.05) is 12.1 Å². The van der Waals surface area contributed by atoms with Crippen LogP contribution in [-0.4, -0.2) is 25.9 Å². The predicted octanol–water partition coefficient (Wildman–Crippen LogP) is 3.00. The lowest BCUT2D eigenvalue weighted by Gasteiger charge is -2.26. The smallest absolute Gasteiger partial charge is 0.244 e. The Labute approximate surface area is 130 Å². The zero-order valence-corrected chi connectivity index (χ0v) is 12.9. The van der Waals surface area contributed by atoms with Crippen LogP contribution >= 0.6 is 0 Å². The van der Waals surface area contributed by atoms with Crippen LogP contribution in [0.5, 0.6) is 5.75 Å². The van der Waals surface area contributed by atoms with Gasteiger partial charge in [-0.3, -0.25) is 0 Å². The first-order valence-electron chi connectivity index (χ1n) is 7.06. The van der Waals surface area contributed by atoms with Crippen molar-refractivity contribution in [1.29, 1.82) is 0 Å². The zero-order valence-electron chi connectivity index (χ0n) is 12.1. The molecule has 4 nitrogen and oxygen atoms in total. The van der Waals surface area contributed by atoms with Crippen molar-refractivity contribution in [3.8, 4) is 5.75 Å². The van der Waals surface area contributed by atoms with Gasteiger partial charge in [0.15, 0.2) is 0 Å². The number of benzene rings is 2. The molecule has 1 aliphatic rings. The number of fused-ring (bicyclic) bond motifs is 1. The van der Waals surface area contributed by atoms with E-state index in [2.05, 4.69) is 6.58 Å². The Morgan fingerprint density at radius 2 is 1.77 bits per heavy atom. The standard InChI is InChI=1S/C17H17NO3S/c1-2-16-15-10-6-7-11-17(15)21-13-12-18(16)22(19,20)14-8-4-3-5-9-14/h2-11,16H,1,12-13H2. The van der Waals surface area contributed by atoms with E-state index < -0.39 is 16.1 Å². The summed E-state index contributed by atoms with van der Waals surface area (Å²) in [5, 5.41) is 0. The molecule has 22 heavy (non-hydrogen) atoms. The second kappa shape index (κ2) is 5.94. The molecule has 0 bridgehead atoms. The van der Waals surface area contributed by atoms with Crippen molar-refractivity contribution >= 4 is 10.0 Å². The molecule has 0 saturated heterocycles. The first-order chi connectivity index (χ1) is 10.6. The molecule has 3 rings (SSSR count). The highest BCUT2D eigenvalue weighted by Crippen LogP contribution is 2.35. The summed E-state index contributed by atoms with van der Waals surface area (Å²) in [6, 6.07) is 15.5. The Bertz CT molecular complexity index is 772. The van der Waals surface area contributed by atoms with Gasteiger partial charge in [-0.1, -0.05) is 42.5 Å². The number of para-hydroxylation sites is 1. The fourth-order valence-corrected chi connectivity index (χ4v) is 4.22. The van der Waals surface area contributed by atoms with Crippen molar-refractivity contribution in [2.45, 2.75) is 10.9 Å². The summed E-state index contributed by atoms with van der Waals surface area (Å²) < 4.78 is 33.0. The summed E-state index contributed by atoms with van der Waals surface area (Å²) in [4.78, 5) is 0.279. The Balaban J connectivity index is 2.09. The third-order valence-corrected chi connectivity index (χ3v) is 5.59. The number of rotatable bonds is 3. The molecule has 0 aromatic heterocycles. The molecular weight excluding hydrogens is 298 g/mol. The van der Waals surface area contributed by atoms with Gasteiger partial charge in [0.1, 0.15) is 12.4 Å². The van der Waals surface area contributed by atoms with Gasteiger partial charge >= 0.3 is 0 Å². The van der Waals surface area contributed by atoms with Gasteiger partial charge in [-0.05, 0) is 18.2 Å². The highest BCUT2D eigenvalue weighted by Gasteiger charge is 2.33. The topological polar surface area (TPSA) is 46.6 Å². The van der Waals surface area contributed by atoms with Crippen molar-refractivity contribution in [2.75, 3.05) is 13.2 Å². The van der Waals surface area contributed by atoms with Gasteiger partial charge in [0.25, 0.3) is 0 Å². The number of hydrogen-bond acceptors (Lipinski definition) is 3. The van der Waals surface area contributed by atoms with Crippen molar-refractivity contribution in [3.63, 3.8) is 0 Å². The highest BCUT2D eigenvalue weighted by molar-refractivity contribution is 7.89. The minimum absolute atomic E-state index is 0.279. The van der Waals surface area contributed by atoms with Crippen LogP contribution in [0, 0.1) is 0 Å². The van der Waals surface area contributed by atoms with Crippen LogP contribution in [0.1, 0.15) is 11.6 Å². The van der Waals surface area contributed by atoms with Gasteiger partial charge in [-0.15, -0.1) is 6.58 Å². The first kappa shape index (κ1) is 14.8. The van der Waals surface area contributed by atoms with Gasteiger partial charge in [-0.2, -0.15) is 4.31 Å². The van der Waals surface area contributed by atoms with Crippen LogP contribution in [-0.2, 0) is 10.0 Å². The minimum atomic E-state index is -3.61. The van der Waals surface area contributed by atoms with Crippen LogP contribution in [0.4, 0.5) is 0 Å². The second-order valence-corrected chi connectivity index (χ2v) is 6.89. The molecule has 0 amide bonds. The first-order valence-corrected chi connectivity index (χ1v) is 8.50. The van der Waals surface area contributed by atoms with E-state index in [1.54, 1.807) is 36.4 Å². The second-order valence-electron chi connectivity index (χ2n) is 5.00. The summed E-state index contributed by atoms with van der Waals surface area (Å²) in [5.74, 6) is 0.707. The lowest BCUT2D eigenvalue weighted by atomic mass is 10.1. The van der Waals surface area contributed by atoms with E-state index in [0.717, 1.165) is 5.56 Å². The van der Waals surface area contributed by atoms with Crippen molar-refractivity contribution in [1.82, 2.24) is 4.31 Å². The predicted molar refractivity (Wildman–Crippen MR) is 85.2 cm³/mol. The summed E-state index contributed by atoms with van der Waals surface area (Å²) in [6.45, 7) is 4.41. The lowest BCUT2D eigenvalue weighted by Crippen LogP contribution is -2.35. The summed E-state index contributed by atoms with van der Waals surface area (Å²) in [7, 11) is -3.61. The van der Waals surface area contributed by atoms with Gasteiger partial charge in [0.05, 0.1) is 10.9 Å². The Morgan fingerprint density at radius 1 is 1.09 bits per heavy atom. The van der Waals surface area contributed by atoms with E-state index in [0.29, 0.717) is 12.4 Å². The van der Waals surface area contributed by atoms with Crippen molar-refractivity contribution < 1.29 is 13.2 Å². The number of hydrogen-bond donors (Lipinski definition) is 0. The number of sulfonamides is 1. The van der Waals surface area contributed by atoms with Crippen LogP contribution in [0.3, 0.4) is 0 Å². The van der Waals surface area contributed by atoms with Crippen molar-refractivity contribution in [2.24, 2.45) is 0 Å². The molecule has 114 valence electrons. The summed E-state index contributed by atoms with van der Waals surface area (Å²) >= 11 is 0. The normalized spacial score (nSPS) is 18.8. The molecule has 0 saturated carbocycles. The molecule has 0 radical (unpaired) electrons. The molecule has 0 N–H and O–H groups in total. The van der Waals surface area contributed by atoms with E-state index in [1.165, 1.54) is 4.31 Å². The summed E-state index contributed by atoms with van der Waals surface area (Å²) in [6.07, 6.45) is 1.65. The Morgan fingerprint density at radius 3 is 2.50 bits per heavy atom. The van der Waals surface area contributed by atoms with E-state index >= 15 is 0 Å². The lowest BCUT2D eigenvalue weighted by molar-refractivity contribution is 0.285. The molecule has 1 aliphatic heterocycles. The molecule has 0 fully saturated rings. The maximum absolute atomic E-state index is 12.9. The molecular formula is C17H17NO3S. The van der Waals surface area contributed by atoms with Gasteiger partial charge in [-0.25, -0.2) is 8.42 Å². The van der Waals surface area contributed by atoms with Crippen LogP contribution in [0.15, 0.2) is 72.1 Å². The molecule has 2 aromatic rings. The maximum atomic E-state index is 12.9. The van der Waals surface area contributed by atoms with Crippen LogP contribution in [0.25, 0.3) is 0 Å². The number of nitrogens with zero attached hydrogens (tertiary/aromatic N) is 1. The molecule has 0 aliphatic carbocycles. The quantitative estimate of drug-likeness (QED) is 0.818. The SMILES string of the molecule is C=CC1c2ccccc2OCCN1S(=O)(=O)c1ccccc1. The third kappa shape index (κ3) is 2.53. The largest absolute Gasteiger partial charge is 0.492 e. The average Bonchev–Trinajstić information content (AvgIpc) is 2.75. The zero-order chi connectivity index (χ0) is 15.6. The average molecular weight is 315 g/mol. The third-order valence-electron chi connectivity index (χ3n) is 3.69. The van der Waals surface area contributed by atoms with Gasteiger partial charge < -0.3 is 4.74 Å². The Kier molecular flexibility index (Phi) is 4.00. The molecule has 1 unspecified atom stereocenters. The molecule has 5 heteroatoms. The molecule has 1 heterocycles. The monoisotopic (exact) mass is 315 g/mol. The van der Waals surface area contributed by atoms with E-state index in [4.69, 9.17) is 4.74 Å². The Hall–Kier alpha value is -2.11. The van der Waals surface area contributed by atoms with Crippen LogP contribution < -0.4 is 4.74 Å². The van der Waals surface area contributed by atoms with Crippen LogP contribution in [0.2, 0.25) is 0 Å².